The van der Waals surface area contributed by atoms with Gasteiger partial charge in [-0.15, -0.1) is 0 Å². The van der Waals surface area contributed by atoms with Crippen molar-refractivity contribution in [2.75, 3.05) is 17.2 Å². The summed E-state index contributed by atoms with van der Waals surface area (Å²) in [7, 11) is 0. The molecule has 0 heterocycles. The van der Waals surface area contributed by atoms with E-state index in [1.165, 1.54) is 0 Å². The highest BCUT2D eigenvalue weighted by Crippen LogP contribution is 2.27. The zero-order valence-electron chi connectivity index (χ0n) is 14.1. The van der Waals surface area contributed by atoms with Crippen LogP contribution < -0.4 is 16.4 Å². The van der Waals surface area contributed by atoms with Gasteiger partial charge in [0.15, 0.2) is 0 Å². The van der Waals surface area contributed by atoms with Gasteiger partial charge in [0.2, 0.25) is 5.91 Å². The van der Waals surface area contributed by atoms with E-state index in [-0.39, 0.29) is 12.5 Å². The molecule has 0 bridgehead atoms. The second kappa shape index (κ2) is 7.98. The Morgan fingerprint density at radius 3 is 2.12 bits per heavy atom. The van der Waals surface area contributed by atoms with Crippen molar-refractivity contribution in [3.63, 3.8) is 0 Å². The van der Waals surface area contributed by atoms with Gasteiger partial charge in [0.1, 0.15) is 0 Å². The minimum atomic E-state index is -0.539. The maximum absolute atomic E-state index is 12.4. The largest absolute Gasteiger partial charge is 0.376 e. The first-order chi connectivity index (χ1) is 12.6. The van der Waals surface area contributed by atoms with Crippen molar-refractivity contribution in [2.24, 2.45) is 5.73 Å². The van der Waals surface area contributed by atoms with Crippen molar-refractivity contribution in [2.45, 2.75) is 0 Å². The molecule has 3 aromatic rings. The Balaban J connectivity index is 1.71. The predicted octanol–water partition coefficient (Wildman–Crippen LogP) is 3.50. The molecule has 0 radical (unpaired) electrons. The lowest BCUT2D eigenvalue weighted by atomic mass is 10.0. The fourth-order valence-corrected chi connectivity index (χ4v) is 2.68. The van der Waals surface area contributed by atoms with Gasteiger partial charge in [-0.2, -0.15) is 0 Å². The third-order valence-corrected chi connectivity index (χ3v) is 3.92. The van der Waals surface area contributed by atoms with Crippen LogP contribution in [0.4, 0.5) is 11.4 Å². The van der Waals surface area contributed by atoms with E-state index in [0.29, 0.717) is 11.3 Å². The Kier molecular flexibility index (Phi) is 5.29. The van der Waals surface area contributed by atoms with Crippen molar-refractivity contribution in [3.8, 4) is 11.1 Å². The number of hydrogen-bond acceptors (Lipinski definition) is 3. The molecule has 0 aromatic heterocycles. The first-order valence-electron chi connectivity index (χ1n) is 8.22. The molecule has 0 atom stereocenters. The summed E-state index contributed by atoms with van der Waals surface area (Å²) >= 11 is 0. The van der Waals surface area contributed by atoms with E-state index < -0.39 is 5.91 Å². The minimum absolute atomic E-state index is 0.0212. The van der Waals surface area contributed by atoms with Gasteiger partial charge in [0, 0.05) is 16.9 Å². The fourth-order valence-electron chi connectivity index (χ4n) is 2.68. The number of para-hydroxylation sites is 2. The molecule has 0 aliphatic carbocycles. The maximum Gasteiger partial charge on any atom is 0.250 e. The zero-order chi connectivity index (χ0) is 18.4. The number of rotatable bonds is 6. The molecule has 26 heavy (non-hydrogen) atoms. The average Bonchev–Trinajstić information content (AvgIpc) is 2.67. The van der Waals surface area contributed by atoms with Crippen LogP contribution in [0.3, 0.4) is 0 Å². The number of carbonyl (C=O) groups excluding carboxylic acids is 2. The molecule has 2 amide bonds. The summed E-state index contributed by atoms with van der Waals surface area (Å²) in [6.07, 6.45) is 0. The van der Waals surface area contributed by atoms with Crippen LogP contribution in [0.25, 0.3) is 11.1 Å². The SMILES string of the molecule is NC(=O)c1ccccc1NCC(=O)Nc1ccccc1-c1ccccc1. The molecule has 0 aliphatic heterocycles. The Bertz CT molecular complexity index is 923. The van der Waals surface area contributed by atoms with E-state index in [4.69, 9.17) is 5.73 Å². The lowest BCUT2D eigenvalue weighted by Gasteiger charge is -2.13. The molecule has 0 aliphatic rings. The van der Waals surface area contributed by atoms with Gasteiger partial charge in [0.25, 0.3) is 5.91 Å². The molecule has 5 nitrogen and oxygen atoms in total. The van der Waals surface area contributed by atoms with Gasteiger partial charge < -0.3 is 16.4 Å². The highest BCUT2D eigenvalue weighted by molar-refractivity contribution is 6.01. The van der Waals surface area contributed by atoms with Crippen molar-refractivity contribution in [1.29, 1.82) is 0 Å². The summed E-state index contributed by atoms with van der Waals surface area (Å²) in [5.74, 6) is -0.754. The van der Waals surface area contributed by atoms with Crippen molar-refractivity contribution >= 4 is 23.2 Å². The molecule has 0 unspecified atom stereocenters. The van der Waals surface area contributed by atoms with E-state index in [2.05, 4.69) is 10.6 Å². The first kappa shape index (κ1) is 17.2. The summed E-state index contributed by atoms with van der Waals surface area (Å²) in [6.45, 7) is 0.0212. The molecule has 0 fully saturated rings. The van der Waals surface area contributed by atoms with Crippen molar-refractivity contribution in [3.05, 3.63) is 84.4 Å². The molecule has 0 spiro atoms. The number of benzene rings is 3. The predicted molar refractivity (Wildman–Crippen MR) is 104 cm³/mol. The third-order valence-electron chi connectivity index (χ3n) is 3.92. The zero-order valence-corrected chi connectivity index (χ0v) is 14.1. The molecule has 3 aromatic carbocycles. The summed E-state index contributed by atoms with van der Waals surface area (Å²) in [5.41, 5.74) is 8.93. The smallest absolute Gasteiger partial charge is 0.250 e. The quantitative estimate of drug-likeness (QED) is 0.639. The Hall–Kier alpha value is -3.60. The van der Waals surface area contributed by atoms with E-state index in [1.54, 1.807) is 24.3 Å². The molecule has 0 saturated heterocycles. The van der Waals surface area contributed by atoms with Crippen LogP contribution in [0.15, 0.2) is 78.9 Å². The maximum atomic E-state index is 12.4. The number of nitrogens with two attached hydrogens (primary N) is 1. The van der Waals surface area contributed by atoms with Crippen LogP contribution >= 0.6 is 0 Å². The van der Waals surface area contributed by atoms with Crippen LogP contribution in [-0.2, 0) is 4.79 Å². The number of carbonyl (C=O) groups is 2. The summed E-state index contributed by atoms with van der Waals surface area (Å²) in [6, 6.07) is 24.3. The summed E-state index contributed by atoms with van der Waals surface area (Å²) in [4.78, 5) is 23.8. The van der Waals surface area contributed by atoms with Crippen LogP contribution in [-0.4, -0.2) is 18.4 Å². The normalized spacial score (nSPS) is 10.2. The van der Waals surface area contributed by atoms with Crippen LogP contribution in [0.5, 0.6) is 0 Å². The summed E-state index contributed by atoms with van der Waals surface area (Å²) in [5, 5.41) is 5.87. The highest BCUT2D eigenvalue weighted by Gasteiger charge is 2.10. The van der Waals surface area contributed by atoms with Gasteiger partial charge in [-0.05, 0) is 23.8 Å². The third kappa shape index (κ3) is 4.08. The molecule has 4 N–H and O–H groups in total. The van der Waals surface area contributed by atoms with Crippen molar-refractivity contribution in [1.82, 2.24) is 0 Å². The first-order valence-corrected chi connectivity index (χ1v) is 8.22. The number of nitrogens with one attached hydrogen (secondary N) is 2. The second-order valence-electron chi connectivity index (χ2n) is 5.72. The van der Waals surface area contributed by atoms with E-state index in [1.807, 2.05) is 54.6 Å². The Morgan fingerprint density at radius 1 is 0.769 bits per heavy atom. The number of hydrogen-bond donors (Lipinski definition) is 3. The van der Waals surface area contributed by atoms with E-state index >= 15 is 0 Å². The highest BCUT2D eigenvalue weighted by atomic mass is 16.2. The van der Waals surface area contributed by atoms with Gasteiger partial charge in [-0.3, -0.25) is 9.59 Å². The lowest BCUT2D eigenvalue weighted by molar-refractivity contribution is -0.114. The molecule has 3 rings (SSSR count). The van der Waals surface area contributed by atoms with Gasteiger partial charge in [-0.25, -0.2) is 0 Å². The Morgan fingerprint density at radius 2 is 1.38 bits per heavy atom. The number of primary amides is 1. The Labute approximate surface area is 151 Å². The van der Waals surface area contributed by atoms with Crippen LogP contribution in [0.1, 0.15) is 10.4 Å². The van der Waals surface area contributed by atoms with Gasteiger partial charge >= 0.3 is 0 Å². The van der Waals surface area contributed by atoms with Gasteiger partial charge in [0.05, 0.1) is 12.1 Å². The van der Waals surface area contributed by atoms with Crippen LogP contribution in [0, 0.1) is 0 Å². The lowest BCUT2D eigenvalue weighted by Crippen LogP contribution is -2.23. The average molecular weight is 345 g/mol. The molecular weight excluding hydrogens is 326 g/mol. The van der Waals surface area contributed by atoms with Crippen molar-refractivity contribution < 1.29 is 9.59 Å². The number of amides is 2. The summed E-state index contributed by atoms with van der Waals surface area (Å²) < 4.78 is 0. The van der Waals surface area contributed by atoms with E-state index in [0.717, 1.165) is 16.8 Å². The van der Waals surface area contributed by atoms with E-state index in [9.17, 15) is 9.59 Å². The second-order valence-corrected chi connectivity index (χ2v) is 5.72. The molecule has 5 heteroatoms. The molecule has 0 saturated carbocycles. The fraction of sp³-hybridized carbons (Fsp3) is 0.0476. The van der Waals surface area contributed by atoms with Crippen LogP contribution in [0.2, 0.25) is 0 Å². The topological polar surface area (TPSA) is 84.2 Å². The van der Waals surface area contributed by atoms with Gasteiger partial charge in [-0.1, -0.05) is 60.7 Å². The minimum Gasteiger partial charge on any atom is -0.376 e. The molecule has 130 valence electrons. The monoisotopic (exact) mass is 345 g/mol. The number of anilines is 2. The molecular formula is C21H19N3O2. The standard InChI is InChI=1S/C21H19N3O2/c22-21(26)17-11-5-6-12-18(17)23-14-20(25)24-19-13-7-4-10-16(19)15-8-2-1-3-9-15/h1-13,23H,14H2,(H2,22,26)(H,24,25).